The number of urea groups is 1. The Morgan fingerprint density at radius 3 is 2.88 bits per heavy atom. The first-order valence-corrected chi connectivity index (χ1v) is 9.63. The first-order chi connectivity index (χ1) is 12.0. The average molecular weight is 377 g/mol. The third kappa shape index (κ3) is 4.67. The Bertz CT molecular complexity index is 852. The van der Waals surface area contributed by atoms with Gasteiger partial charge in [0.2, 0.25) is 0 Å². The van der Waals surface area contributed by atoms with Gasteiger partial charge >= 0.3 is 6.03 Å². The van der Waals surface area contributed by atoms with Gasteiger partial charge in [0, 0.05) is 29.9 Å². The maximum atomic E-state index is 12.1. The van der Waals surface area contributed by atoms with E-state index in [1.807, 2.05) is 19.9 Å². The van der Waals surface area contributed by atoms with Gasteiger partial charge in [-0.1, -0.05) is 5.16 Å². The second kappa shape index (κ2) is 7.79. The second-order valence-electron chi connectivity index (χ2n) is 5.78. The summed E-state index contributed by atoms with van der Waals surface area (Å²) in [6.07, 6.45) is 0.802. The molecule has 3 rings (SSSR count). The summed E-state index contributed by atoms with van der Waals surface area (Å²) in [6, 6.07) is 5.91. The van der Waals surface area contributed by atoms with Crippen molar-refractivity contribution in [1.29, 1.82) is 0 Å². The van der Waals surface area contributed by atoms with E-state index in [9.17, 15) is 4.79 Å². The molecule has 0 saturated heterocycles. The van der Waals surface area contributed by atoms with Crippen molar-refractivity contribution in [3.8, 4) is 10.6 Å². The predicted molar refractivity (Wildman–Crippen MR) is 100.0 cm³/mol. The molecule has 0 atom stereocenters. The molecule has 25 heavy (non-hydrogen) atoms. The summed E-state index contributed by atoms with van der Waals surface area (Å²) >= 11 is 3.38. The van der Waals surface area contributed by atoms with Gasteiger partial charge in [-0.2, -0.15) is 0 Å². The van der Waals surface area contributed by atoms with Crippen molar-refractivity contribution >= 4 is 28.7 Å². The van der Waals surface area contributed by atoms with Gasteiger partial charge in [-0.3, -0.25) is 0 Å². The zero-order valence-electron chi connectivity index (χ0n) is 14.4. The van der Waals surface area contributed by atoms with Gasteiger partial charge in [0.1, 0.15) is 11.5 Å². The fraction of sp³-hybridized carbons (Fsp3) is 0.353. The Morgan fingerprint density at radius 2 is 2.20 bits per heavy atom. The maximum Gasteiger partial charge on any atom is 0.317 e. The molecule has 3 aromatic heterocycles. The molecule has 0 aliphatic heterocycles. The Hall–Kier alpha value is -2.19. The number of hydrogen-bond acceptors (Lipinski definition) is 6. The number of hydrogen-bond donors (Lipinski definition) is 1. The molecule has 3 heterocycles. The molecular weight excluding hydrogens is 356 g/mol. The van der Waals surface area contributed by atoms with Crippen LogP contribution >= 0.6 is 22.7 Å². The van der Waals surface area contributed by atoms with E-state index in [0.29, 0.717) is 13.1 Å². The van der Waals surface area contributed by atoms with Crippen molar-refractivity contribution < 1.29 is 9.32 Å². The van der Waals surface area contributed by atoms with Crippen LogP contribution in [0.15, 0.2) is 28.1 Å². The molecule has 0 unspecified atom stereocenters. The molecule has 0 saturated carbocycles. The van der Waals surface area contributed by atoms with Crippen molar-refractivity contribution in [1.82, 2.24) is 20.4 Å². The lowest BCUT2D eigenvalue weighted by atomic mass is 10.3. The van der Waals surface area contributed by atoms with Crippen LogP contribution in [-0.4, -0.2) is 34.7 Å². The largest absolute Gasteiger partial charge is 0.361 e. The monoisotopic (exact) mass is 376 g/mol. The van der Waals surface area contributed by atoms with E-state index in [0.717, 1.165) is 28.6 Å². The molecule has 132 valence electrons. The normalized spacial score (nSPS) is 10.8. The molecule has 0 fully saturated rings. The molecule has 8 heteroatoms. The van der Waals surface area contributed by atoms with E-state index in [4.69, 9.17) is 4.52 Å². The van der Waals surface area contributed by atoms with Crippen LogP contribution in [0, 0.1) is 13.8 Å². The summed E-state index contributed by atoms with van der Waals surface area (Å²) < 4.78 is 5.01. The summed E-state index contributed by atoms with van der Waals surface area (Å²) in [5, 5.41) is 9.98. The number of amides is 2. The predicted octanol–water partition coefficient (Wildman–Crippen LogP) is 3.86. The van der Waals surface area contributed by atoms with Crippen LogP contribution < -0.4 is 5.32 Å². The van der Waals surface area contributed by atoms with Crippen LogP contribution in [0.3, 0.4) is 0 Å². The molecule has 0 aliphatic rings. The number of aromatic nitrogens is 2. The third-order valence-electron chi connectivity index (χ3n) is 3.60. The molecule has 2 amide bonds. The first kappa shape index (κ1) is 17.6. The van der Waals surface area contributed by atoms with E-state index < -0.39 is 0 Å². The molecule has 6 nitrogen and oxygen atoms in total. The van der Waals surface area contributed by atoms with Crippen LogP contribution in [0.25, 0.3) is 10.6 Å². The van der Waals surface area contributed by atoms with E-state index in [-0.39, 0.29) is 6.03 Å². The van der Waals surface area contributed by atoms with Crippen molar-refractivity contribution in [3.63, 3.8) is 0 Å². The molecule has 3 aromatic rings. The Labute approximate surface area is 154 Å². The lowest BCUT2D eigenvalue weighted by molar-refractivity contribution is 0.206. The van der Waals surface area contributed by atoms with Crippen molar-refractivity contribution in [2.45, 2.75) is 26.8 Å². The number of thiazole rings is 1. The molecule has 0 spiro atoms. The number of carbonyl (C=O) groups is 1. The summed E-state index contributed by atoms with van der Waals surface area (Å²) in [6.45, 7) is 4.86. The minimum absolute atomic E-state index is 0.118. The van der Waals surface area contributed by atoms with Gasteiger partial charge < -0.3 is 14.7 Å². The second-order valence-corrected chi connectivity index (χ2v) is 8.02. The zero-order chi connectivity index (χ0) is 17.8. The molecule has 0 aliphatic carbocycles. The first-order valence-electron chi connectivity index (χ1n) is 7.93. The maximum absolute atomic E-state index is 12.1. The van der Waals surface area contributed by atoms with Crippen LogP contribution in [0.1, 0.15) is 21.3 Å². The van der Waals surface area contributed by atoms with Crippen molar-refractivity contribution in [3.05, 3.63) is 44.9 Å². The SMILES string of the molecule is Cc1cc(CN(C)C(=O)NCCc2ccc(-c3csc(C)n3)s2)no1. The number of nitrogens with zero attached hydrogens (tertiary/aromatic N) is 3. The van der Waals surface area contributed by atoms with Gasteiger partial charge in [0.25, 0.3) is 0 Å². The Kier molecular flexibility index (Phi) is 5.50. The number of carbonyl (C=O) groups excluding carboxylic acids is 1. The minimum Gasteiger partial charge on any atom is -0.361 e. The number of aryl methyl sites for hydroxylation is 2. The van der Waals surface area contributed by atoms with Crippen molar-refractivity contribution in [2.24, 2.45) is 0 Å². The topological polar surface area (TPSA) is 71.3 Å². The summed E-state index contributed by atoms with van der Waals surface area (Å²) in [7, 11) is 1.74. The van der Waals surface area contributed by atoms with Crippen LogP contribution in [0.4, 0.5) is 4.79 Å². The highest BCUT2D eigenvalue weighted by Gasteiger charge is 2.11. The Balaban J connectivity index is 1.46. The van der Waals surface area contributed by atoms with Crippen LogP contribution in [-0.2, 0) is 13.0 Å². The lowest BCUT2D eigenvalue weighted by Crippen LogP contribution is -2.37. The highest BCUT2D eigenvalue weighted by atomic mass is 32.1. The highest BCUT2D eigenvalue weighted by molar-refractivity contribution is 7.16. The standard InChI is InChI=1S/C17H20N4O2S2/c1-11-8-13(20-23-11)9-21(3)17(22)18-7-6-14-4-5-16(25-14)15-10-24-12(2)19-15/h4-5,8,10H,6-7,9H2,1-3H3,(H,18,22). The molecule has 0 aromatic carbocycles. The smallest absolute Gasteiger partial charge is 0.317 e. The lowest BCUT2D eigenvalue weighted by Gasteiger charge is -2.16. The van der Waals surface area contributed by atoms with Gasteiger partial charge in [-0.25, -0.2) is 9.78 Å². The molecule has 1 N–H and O–H groups in total. The Morgan fingerprint density at radius 1 is 1.36 bits per heavy atom. The van der Waals surface area contributed by atoms with Crippen LogP contribution in [0.5, 0.6) is 0 Å². The molecular formula is C17H20N4O2S2. The quantitative estimate of drug-likeness (QED) is 0.709. The van der Waals surface area contributed by atoms with Gasteiger partial charge in [0.05, 0.1) is 22.1 Å². The summed E-state index contributed by atoms with van der Waals surface area (Å²) in [4.78, 5) is 20.6. The molecule has 0 radical (unpaired) electrons. The van der Waals surface area contributed by atoms with E-state index >= 15 is 0 Å². The fourth-order valence-electron chi connectivity index (χ4n) is 2.36. The number of thiophene rings is 1. The third-order valence-corrected chi connectivity index (χ3v) is 5.54. The average Bonchev–Trinajstić information content (AvgIpc) is 3.29. The van der Waals surface area contributed by atoms with Gasteiger partial charge in [-0.15, -0.1) is 22.7 Å². The van der Waals surface area contributed by atoms with Crippen molar-refractivity contribution in [2.75, 3.05) is 13.6 Å². The highest BCUT2D eigenvalue weighted by Crippen LogP contribution is 2.29. The van der Waals surface area contributed by atoms with E-state index in [2.05, 4.69) is 33.0 Å². The van der Waals surface area contributed by atoms with Gasteiger partial charge in [0.15, 0.2) is 0 Å². The number of rotatable bonds is 6. The van der Waals surface area contributed by atoms with Crippen LogP contribution in [0.2, 0.25) is 0 Å². The van der Waals surface area contributed by atoms with E-state index in [1.54, 1.807) is 34.6 Å². The summed E-state index contributed by atoms with van der Waals surface area (Å²) in [5.41, 5.74) is 1.78. The zero-order valence-corrected chi connectivity index (χ0v) is 16.0. The number of nitrogens with one attached hydrogen (secondary N) is 1. The molecule has 0 bridgehead atoms. The fourth-order valence-corrected chi connectivity index (χ4v) is 4.02. The summed E-state index contributed by atoms with van der Waals surface area (Å²) in [5.74, 6) is 0.743. The van der Waals surface area contributed by atoms with Gasteiger partial charge in [-0.05, 0) is 32.4 Å². The minimum atomic E-state index is -0.118. The van der Waals surface area contributed by atoms with E-state index in [1.165, 1.54) is 9.75 Å².